The number of aliphatic hydroxyl groups is 1. The van der Waals surface area contributed by atoms with Gasteiger partial charge in [0, 0.05) is 6.04 Å². The minimum Gasteiger partial charge on any atom is -0.387 e. The van der Waals surface area contributed by atoms with Gasteiger partial charge in [0.05, 0.1) is 18.4 Å². The zero-order valence-corrected chi connectivity index (χ0v) is 13.0. The minimum absolute atomic E-state index is 0.0998. The van der Waals surface area contributed by atoms with E-state index < -0.39 is 6.10 Å². The van der Waals surface area contributed by atoms with Crippen LogP contribution in [0.4, 0.5) is 0 Å². The van der Waals surface area contributed by atoms with Crippen LogP contribution in [0.2, 0.25) is 0 Å². The number of nitrogens with one attached hydrogen (secondary N) is 1. The molecule has 0 radical (unpaired) electrons. The van der Waals surface area contributed by atoms with Crippen LogP contribution in [0.1, 0.15) is 33.3 Å². The number of rotatable bonds is 7. The smallest absolute Gasteiger partial charge is 0.0975 e. The molecule has 2 unspecified atom stereocenters. The van der Waals surface area contributed by atoms with Crippen molar-refractivity contribution < 1.29 is 9.84 Å². The highest BCUT2D eigenvalue weighted by molar-refractivity contribution is 5.17. The molecule has 3 nitrogen and oxygen atoms in total. The molecule has 0 aliphatic carbocycles. The SMILES string of the molecule is C=C(C)C(O)C(Cc1ccccc1)NCOC(C)(C)C. The van der Waals surface area contributed by atoms with Gasteiger partial charge in [-0.2, -0.15) is 0 Å². The molecule has 0 amide bonds. The summed E-state index contributed by atoms with van der Waals surface area (Å²) in [6.07, 6.45) is 0.154. The average molecular weight is 277 g/mol. The van der Waals surface area contributed by atoms with Gasteiger partial charge in [-0.1, -0.05) is 42.5 Å². The van der Waals surface area contributed by atoms with Crippen molar-refractivity contribution in [2.45, 2.75) is 51.9 Å². The Bertz CT molecular complexity index is 409. The molecule has 2 N–H and O–H groups in total. The number of hydrogen-bond donors (Lipinski definition) is 2. The van der Waals surface area contributed by atoms with Gasteiger partial charge in [0.1, 0.15) is 0 Å². The van der Waals surface area contributed by atoms with Gasteiger partial charge in [-0.25, -0.2) is 0 Å². The second-order valence-electron chi connectivity index (χ2n) is 6.19. The second kappa shape index (κ2) is 7.58. The first kappa shape index (κ1) is 16.9. The van der Waals surface area contributed by atoms with Crippen LogP contribution in [-0.4, -0.2) is 29.6 Å². The van der Waals surface area contributed by atoms with Crippen LogP contribution < -0.4 is 5.32 Å². The lowest BCUT2D eigenvalue weighted by molar-refractivity contribution is -0.0228. The van der Waals surface area contributed by atoms with Crippen LogP contribution >= 0.6 is 0 Å². The normalized spacial score (nSPS) is 14.8. The Labute approximate surface area is 122 Å². The van der Waals surface area contributed by atoms with Crippen molar-refractivity contribution >= 4 is 0 Å². The third-order valence-electron chi connectivity index (χ3n) is 3.04. The van der Waals surface area contributed by atoms with Gasteiger partial charge in [0.15, 0.2) is 0 Å². The molecule has 112 valence electrons. The maximum atomic E-state index is 10.3. The second-order valence-corrected chi connectivity index (χ2v) is 6.19. The van der Waals surface area contributed by atoms with E-state index in [0.29, 0.717) is 6.73 Å². The zero-order chi connectivity index (χ0) is 15.2. The van der Waals surface area contributed by atoms with E-state index >= 15 is 0 Å². The van der Waals surface area contributed by atoms with Crippen molar-refractivity contribution in [2.24, 2.45) is 0 Å². The maximum Gasteiger partial charge on any atom is 0.0975 e. The molecule has 3 heteroatoms. The van der Waals surface area contributed by atoms with E-state index in [1.54, 1.807) is 0 Å². The Balaban J connectivity index is 2.63. The summed E-state index contributed by atoms with van der Waals surface area (Å²) in [4.78, 5) is 0. The number of aliphatic hydroxyl groups excluding tert-OH is 1. The third-order valence-corrected chi connectivity index (χ3v) is 3.04. The summed E-state index contributed by atoms with van der Waals surface area (Å²) in [5.74, 6) is 0. The molecule has 1 rings (SSSR count). The molecular formula is C17H27NO2. The standard InChI is InChI=1S/C17H27NO2/c1-13(2)16(19)15(18-12-20-17(3,4)5)11-14-9-7-6-8-10-14/h6-10,15-16,18-19H,1,11-12H2,2-5H3. The Morgan fingerprint density at radius 2 is 1.90 bits per heavy atom. The quantitative estimate of drug-likeness (QED) is 0.595. The van der Waals surface area contributed by atoms with E-state index in [0.717, 1.165) is 12.0 Å². The van der Waals surface area contributed by atoms with E-state index in [2.05, 4.69) is 24.0 Å². The lowest BCUT2D eigenvalue weighted by atomic mass is 9.98. The summed E-state index contributed by atoms with van der Waals surface area (Å²) in [5.41, 5.74) is 1.74. The molecule has 20 heavy (non-hydrogen) atoms. The molecule has 0 aromatic heterocycles. The van der Waals surface area contributed by atoms with Crippen molar-refractivity contribution in [2.75, 3.05) is 6.73 Å². The van der Waals surface area contributed by atoms with Crippen molar-refractivity contribution in [3.8, 4) is 0 Å². The van der Waals surface area contributed by atoms with Gasteiger partial charge in [-0.15, -0.1) is 0 Å². The maximum absolute atomic E-state index is 10.3. The Morgan fingerprint density at radius 3 is 2.40 bits per heavy atom. The van der Waals surface area contributed by atoms with Crippen LogP contribution in [0.15, 0.2) is 42.5 Å². The third kappa shape index (κ3) is 6.33. The highest BCUT2D eigenvalue weighted by Gasteiger charge is 2.20. The summed E-state index contributed by atoms with van der Waals surface area (Å²) >= 11 is 0. The van der Waals surface area contributed by atoms with Crippen LogP contribution in [0.3, 0.4) is 0 Å². The molecular weight excluding hydrogens is 250 g/mol. The van der Waals surface area contributed by atoms with Gasteiger partial charge in [0.2, 0.25) is 0 Å². The van der Waals surface area contributed by atoms with Crippen molar-refractivity contribution in [1.29, 1.82) is 0 Å². The summed E-state index contributed by atoms with van der Waals surface area (Å²) in [5, 5.41) is 13.5. The fraction of sp³-hybridized carbons (Fsp3) is 0.529. The molecule has 0 fully saturated rings. The molecule has 0 heterocycles. The van der Waals surface area contributed by atoms with E-state index in [-0.39, 0.29) is 11.6 Å². The van der Waals surface area contributed by atoms with E-state index in [1.165, 1.54) is 5.56 Å². The van der Waals surface area contributed by atoms with Gasteiger partial charge >= 0.3 is 0 Å². The highest BCUT2D eigenvalue weighted by Crippen LogP contribution is 2.12. The molecule has 1 aromatic rings. The van der Waals surface area contributed by atoms with Crippen LogP contribution in [0.5, 0.6) is 0 Å². The van der Waals surface area contributed by atoms with Crippen molar-refractivity contribution in [3.63, 3.8) is 0 Å². The predicted molar refractivity (Wildman–Crippen MR) is 83.6 cm³/mol. The fourth-order valence-corrected chi connectivity index (χ4v) is 1.87. The Hall–Kier alpha value is -1.16. The zero-order valence-electron chi connectivity index (χ0n) is 13.0. The van der Waals surface area contributed by atoms with Crippen LogP contribution in [-0.2, 0) is 11.2 Å². The summed E-state index contributed by atoms with van der Waals surface area (Å²) < 4.78 is 5.68. The number of benzene rings is 1. The molecule has 0 saturated carbocycles. The summed E-state index contributed by atoms with van der Waals surface area (Å²) in [7, 11) is 0. The molecule has 0 saturated heterocycles. The lowest BCUT2D eigenvalue weighted by Crippen LogP contribution is -2.44. The van der Waals surface area contributed by atoms with Crippen molar-refractivity contribution in [3.05, 3.63) is 48.0 Å². The lowest BCUT2D eigenvalue weighted by Gasteiger charge is -2.27. The van der Waals surface area contributed by atoms with Crippen LogP contribution in [0.25, 0.3) is 0 Å². The van der Waals surface area contributed by atoms with Crippen molar-refractivity contribution in [1.82, 2.24) is 5.32 Å². The van der Waals surface area contributed by atoms with E-state index in [4.69, 9.17) is 4.74 Å². The minimum atomic E-state index is -0.584. The first-order valence-electron chi connectivity index (χ1n) is 7.04. The fourth-order valence-electron chi connectivity index (χ4n) is 1.87. The first-order chi connectivity index (χ1) is 9.29. The number of ether oxygens (including phenoxy) is 1. The predicted octanol–water partition coefficient (Wildman–Crippen LogP) is 2.90. The highest BCUT2D eigenvalue weighted by atomic mass is 16.5. The molecule has 0 aliphatic heterocycles. The van der Waals surface area contributed by atoms with Gasteiger partial charge in [-0.05, 0) is 39.7 Å². The number of hydrogen-bond acceptors (Lipinski definition) is 3. The summed E-state index contributed by atoms with van der Waals surface area (Å²) in [6.45, 7) is 12.1. The monoisotopic (exact) mass is 277 g/mol. The largest absolute Gasteiger partial charge is 0.387 e. The average Bonchev–Trinajstić information content (AvgIpc) is 2.36. The topological polar surface area (TPSA) is 41.5 Å². The summed E-state index contributed by atoms with van der Waals surface area (Å²) in [6, 6.07) is 10.0. The first-order valence-corrected chi connectivity index (χ1v) is 7.04. The molecule has 0 aliphatic rings. The van der Waals surface area contributed by atoms with E-state index in [1.807, 2.05) is 45.9 Å². The van der Waals surface area contributed by atoms with Gasteiger partial charge in [-0.3, -0.25) is 5.32 Å². The Kier molecular flexibility index (Phi) is 6.40. The molecule has 1 aromatic carbocycles. The van der Waals surface area contributed by atoms with Crippen LogP contribution in [0, 0.1) is 0 Å². The Morgan fingerprint density at radius 1 is 1.30 bits per heavy atom. The molecule has 0 bridgehead atoms. The molecule has 2 atom stereocenters. The molecule has 0 spiro atoms. The van der Waals surface area contributed by atoms with Gasteiger partial charge in [0.25, 0.3) is 0 Å². The van der Waals surface area contributed by atoms with E-state index in [9.17, 15) is 5.11 Å². The van der Waals surface area contributed by atoms with Gasteiger partial charge < -0.3 is 9.84 Å².